The second-order valence-corrected chi connectivity index (χ2v) is 9.89. The zero-order valence-electron chi connectivity index (χ0n) is 17.3. The van der Waals surface area contributed by atoms with Crippen molar-refractivity contribution in [2.75, 3.05) is 26.2 Å². The minimum atomic E-state index is -3.97. The maximum absolute atomic E-state index is 13.5. The van der Waals surface area contributed by atoms with Crippen LogP contribution in [0.4, 0.5) is 10.5 Å². The number of carboxylic acid groups (broad SMARTS) is 1. The van der Waals surface area contributed by atoms with Crippen LogP contribution in [0.2, 0.25) is 0 Å². The summed E-state index contributed by atoms with van der Waals surface area (Å²) >= 11 is 0. The van der Waals surface area contributed by atoms with E-state index in [4.69, 9.17) is 5.73 Å². The van der Waals surface area contributed by atoms with Gasteiger partial charge in [0.05, 0.1) is 9.82 Å². The van der Waals surface area contributed by atoms with E-state index < -0.39 is 27.1 Å². The molecule has 1 saturated heterocycles. The molecule has 1 aliphatic heterocycles. The molecule has 1 aromatic carbocycles. The molecule has 1 fully saturated rings. The van der Waals surface area contributed by atoms with Gasteiger partial charge < -0.3 is 15.7 Å². The lowest BCUT2D eigenvalue weighted by atomic mass is 9.97. The van der Waals surface area contributed by atoms with E-state index in [1.807, 2.05) is 13.8 Å². The first kappa shape index (κ1) is 24.0. The Morgan fingerprint density at radius 3 is 2.47 bits per heavy atom. The molecule has 2 atom stereocenters. The van der Waals surface area contributed by atoms with E-state index in [-0.39, 0.29) is 42.1 Å². The highest BCUT2D eigenvalue weighted by molar-refractivity contribution is 7.89. The van der Waals surface area contributed by atoms with Crippen LogP contribution in [0.15, 0.2) is 29.2 Å². The topological polar surface area (TPSA) is 147 Å². The first-order chi connectivity index (χ1) is 14.1. The molecule has 1 heterocycles. The molecule has 0 saturated carbocycles. The summed E-state index contributed by atoms with van der Waals surface area (Å²) in [4.78, 5) is 23.1. The number of nitro groups is 1. The standard InChI is InChI=1S/C19H30N4O6S/c1-14(2)9-11-22(18-13-21(19(24)25)12-15(18)4-3-10-20)30(28,29)17-7-5-16(6-8-17)23(26)27/h5-8,14-15,18H,3-4,9-13,20H2,1-2H3,(H,24,25)/t15-,18-/m1/s1. The quantitative estimate of drug-likeness (QED) is 0.417. The van der Waals surface area contributed by atoms with Crippen LogP contribution < -0.4 is 5.73 Å². The maximum atomic E-state index is 13.5. The lowest BCUT2D eigenvalue weighted by molar-refractivity contribution is -0.384. The number of likely N-dealkylation sites (tertiary alicyclic amines) is 1. The summed E-state index contributed by atoms with van der Waals surface area (Å²) in [5, 5.41) is 20.3. The highest BCUT2D eigenvalue weighted by Gasteiger charge is 2.43. The predicted octanol–water partition coefficient (Wildman–Crippen LogP) is 2.35. The first-order valence-electron chi connectivity index (χ1n) is 10.0. The number of nitrogens with two attached hydrogens (primary N) is 1. The number of hydrogen-bond donors (Lipinski definition) is 2. The Bertz CT molecular complexity index is 843. The molecule has 1 aliphatic rings. The molecule has 168 valence electrons. The molecule has 0 aliphatic carbocycles. The lowest BCUT2D eigenvalue weighted by Crippen LogP contribution is -2.46. The Balaban J connectivity index is 2.41. The average molecular weight is 443 g/mol. The van der Waals surface area contributed by atoms with Crippen LogP contribution in [-0.2, 0) is 10.0 Å². The van der Waals surface area contributed by atoms with Gasteiger partial charge in [-0.25, -0.2) is 13.2 Å². The summed E-state index contributed by atoms with van der Waals surface area (Å²) in [5.41, 5.74) is 5.43. The van der Waals surface area contributed by atoms with Crippen molar-refractivity contribution in [3.8, 4) is 0 Å². The van der Waals surface area contributed by atoms with Gasteiger partial charge >= 0.3 is 6.09 Å². The number of benzene rings is 1. The molecule has 0 bridgehead atoms. The van der Waals surface area contributed by atoms with Crippen LogP contribution in [0.5, 0.6) is 0 Å². The normalized spacial score (nSPS) is 19.6. The van der Waals surface area contributed by atoms with Crippen molar-refractivity contribution >= 4 is 21.8 Å². The molecule has 2 rings (SSSR count). The van der Waals surface area contributed by atoms with Crippen molar-refractivity contribution < 1.29 is 23.2 Å². The smallest absolute Gasteiger partial charge is 0.407 e. The summed E-state index contributed by atoms with van der Waals surface area (Å²) in [5.74, 6) is 0.0867. The van der Waals surface area contributed by atoms with E-state index in [0.29, 0.717) is 25.8 Å². The predicted molar refractivity (Wildman–Crippen MR) is 112 cm³/mol. The number of carbonyl (C=O) groups is 1. The van der Waals surface area contributed by atoms with Crippen LogP contribution in [0, 0.1) is 22.0 Å². The molecule has 30 heavy (non-hydrogen) atoms. The largest absolute Gasteiger partial charge is 0.465 e. The van der Waals surface area contributed by atoms with Gasteiger partial charge in [0.1, 0.15) is 0 Å². The van der Waals surface area contributed by atoms with Gasteiger partial charge in [0.25, 0.3) is 5.69 Å². The summed E-state index contributed by atoms with van der Waals surface area (Å²) < 4.78 is 28.3. The van der Waals surface area contributed by atoms with Crippen LogP contribution in [-0.4, -0.2) is 66.0 Å². The van der Waals surface area contributed by atoms with Crippen LogP contribution >= 0.6 is 0 Å². The molecule has 0 spiro atoms. The van der Waals surface area contributed by atoms with E-state index in [1.165, 1.54) is 21.3 Å². The molecular weight excluding hydrogens is 412 g/mol. The summed E-state index contributed by atoms with van der Waals surface area (Å²) in [6, 6.07) is 4.28. The van der Waals surface area contributed by atoms with Crippen molar-refractivity contribution in [1.82, 2.24) is 9.21 Å². The number of nitro benzene ring substituents is 1. The van der Waals surface area contributed by atoms with Crippen molar-refractivity contribution in [2.45, 2.75) is 44.0 Å². The molecule has 11 heteroatoms. The Kier molecular flexibility index (Phi) is 8.16. The molecule has 0 aromatic heterocycles. The van der Waals surface area contributed by atoms with Gasteiger partial charge in [0, 0.05) is 37.8 Å². The average Bonchev–Trinajstić information content (AvgIpc) is 3.10. The third-order valence-electron chi connectivity index (χ3n) is 5.41. The van der Waals surface area contributed by atoms with Crippen LogP contribution in [0.3, 0.4) is 0 Å². The van der Waals surface area contributed by atoms with Gasteiger partial charge in [-0.15, -0.1) is 0 Å². The molecular formula is C19H30N4O6S. The van der Waals surface area contributed by atoms with Gasteiger partial charge in [0.15, 0.2) is 0 Å². The van der Waals surface area contributed by atoms with Crippen molar-refractivity contribution in [3.05, 3.63) is 34.4 Å². The second-order valence-electron chi connectivity index (χ2n) is 8.00. The van der Waals surface area contributed by atoms with E-state index in [0.717, 1.165) is 12.1 Å². The second kappa shape index (κ2) is 10.2. The fourth-order valence-corrected chi connectivity index (χ4v) is 5.42. The molecule has 1 amide bonds. The lowest BCUT2D eigenvalue weighted by Gasteiger charge is -2.32. The molecule has 0 unspecified atom stereocenters. The highest BCUT2D eigenvalue weighted by Crippen LogP contribution is 2.31. The van der Waals surface area contributed by atoms with E-state index in [9.17, 15) is 28.4 Å². The maximum Gasteiger partial charge on any atom is 0.407 e. The zero-order chi connectivity index (χ0) is 22.5. The Morgan fingerprint density at radius 2 is 1.97 bits per heavy atom. The van der Waals surface area contributed by atoms with Gasteiger partial charge in [-0.1, -0.05) is 13.8 Å². The molecule has 3 N–H and O–H groups in total. The number of nitrogens with zero attached hydrogens (tertiary/aromatic N) is 3. The number of rotatable bonds is 10. The fraction of sp³-hybridized carbons (Fsp3) is 0.632. The van der Waals surface area contributed by atoms with Gasteiger partial charge in [-0.3, -0.25) is 10.1 Å². The Hall–Kier alpha value is -2.24. The third-order valence-corrected chi connectivity index (χ3v) is 7.35. The van der Waals surface area contributed by atoms with Crippen molar-refractivity contribution in [2.24, 2.45) is 17.6 Å². The minimum Gasteiger partial charge on any atom is -0.465 e. The zero-order valence-corrected chi connectivity index (χ0v) is 18.1. The Morgan fingerprint density at radius 1 is 1.33 bits per heavy atom. The van der Waals surface area contributed by atoms with Crippen molar-refractivity contribution in [1.29, 1.82) is 0 Å². The fourth-order valence-electron chi connectivity index (χ4n) is 3.73. The first-order valence-corrected chi connectivity index (χ1v) is 11.5. The van der Waals surface area contributed by atoms with Crippen LogP contribution in [0.25, 0.3) is 0 Å². The number of sulfonamides is 1. The van der Waals surface area contributed by atoms with Gasteiger partial charge in [-0.2, -0.15) is 4.31 Å². The molecule has 0 radical (unpaired) electrons. The third kappa shape index (κ3) is 5.67. The molecule has 10 nitrogen and oxygen atoms in total. The monoisotopic (exact) mass is 442 g/mol. The summed E-state index contributed by atoms with van der Waals surface area (Å²) in [6.45, 7) is 5.01. The number of non-ortho nitro benzene ring substituents is 1. The summed E-state index contributed by atoms with van der Waals surface area (Å²) in [7, 11) is -3.97. The van der Waals surface area contributed by atoms with Crippen molar-refractivity contribution in [3.63, 3.8) is 0 Å². The van der Waals surface area contributed by atoms with E-state index >= 15 is 0 Å². The number of amides is 1. The summed E-state index contributed by atoms with van der Waals surface area (Å²) in [6.07, 6.45) is 0.828. The van der Waals surface area contributed by atoms with Crippen LogP contribution in [0.1, 0.15) is 33.1 Å². The van der Waals surface area contributed by atoms with Gasteiger partial charge in [0.2, 0.25) is 10.0 Å². The highest BCUT2D eigenvalue weighted by atomic mass is 32.2. The number of hydrogen-bond acceptors (Lipinski definition) is 6. The van der Waals surface area contributed by atoms with E-state index in [2.05, 4.69) is 0 Å². The SMILES string of the molecule is CC(C)CCN([C@@H]1CN(C(=O)O)C[C@H]1CCCN)S(=O)(=O)c1ccc([N+](=O)[O-])cc1. The van der Waals surface area contributed by atoms with Gasteiger partial charge in [-0.05, 0) is 49.8 Å². The minimum absolute atomic E-state index is 0.0387. The molecule has 1 aromatic rings. The Labute approximate surface area is 176 Å². The van der Waals surface area contributed by atoms with E-state index in [1.54, 1.807) is 0 Å².